The number of hydrogen-bond acceptors (Lipinski definition) is 9. The van der Waals surface area contributed by atoms with Crippen LogP contribution in [-0.2, 0) is 38.2 Å². The fraction of sp³-hybridized carbons (Fsp3) is 0.591. The van der Waals surface area contributed by atoms with Crippen LogP contribution in [0.1, 0.15) is 32.1 Å². The van der Waals surface area contributed by atoms with Crippen LogP contribution in [0.25, 0.3) is 0 Å². The number of rotatable bonds is 14. The van der Waals surface area contributed by atoms with E-state index in [-0.39, 0.29) is 31.4 Å². The number of carbonyl (C=O) groups is 5. The molecule has 12 heteroatoms. The predicted octanol–water partition coefficient (Wildman–Crippen LogP) is -0.751. The van der Waals surface area contributed by atoms with E-state index in [9.17, 15) is 24.0 Å². The molecule has 34 heavy (non-hydrogen) atoms. The van der Waals surface area contributed by atoms with E-state index < -0.39 is 35.6 Å². The number of carboxylic acid groups (broad SMARTS) is 1. The van der Waals surface area contributed by atoms with Crippen molar-refractivity contribution in [2.45, 2.75) is 38.1 Å². The minimum atomic E-state index is -0.983. The van der Waals surface area contributed by atoms with Crippen LogP contribution in [0.15, 0.2) is 22.9 Å². The highest BCUT2D eigenvalue weighted by molar-refractivity contribution is 6.26. The molecule has 1 atom stereocenters. The van der Waals surface area contributed by atoms with Gasteiger partial charge in [0.15, 0.2) is 0 Å². The molecule has 0 bridgehead atoms. The quantitative estimate of drug-likeness (QED) is 0.214. The Bertz CT molecular complexity index is 896. The predicted molar refractivity (Wildman–Crippen MR) is 115 cm³/mol. The zero-order valence-corrected chi connectivity index (χ0v) is 18.8. The summed E-state index contributed by atoms with van der Waals surface area (Å²) in [6.07, 6.45) is 3.02. The molecule has 12 nitrogen and oxygen atoms in total. The van der Waals surface area contributed by atoms with Crippen molar-refractivity contribution in [2.75, 3.05) is 46.2 Å². The molecule has 0 aromatic heterocycles. The molecule has 0 aromatic carbocycles. The van der Waals surface area contributed by atoms with Crippen molar-refractivity contribution in [3.63, 3.8) is 0 Å². The van der Waals surface area contributed by atoms with Gasteiger partial charge in [-0.05, 0) is 19.3 Å². The Hall–Kier alpha value is -3.09. The molecule has 3 aliphatic rings. The summed E-state index contributed by atoms with van der Waals surface area (Å²) in [5, 5.41) is 13.9. The van der Waals surface area contributed by atoms with E-state index in [0.717, 1.165) is 4.90 Å². The van der Waals surface area contributed by atoms with Gasteiger partial charge in [-0.1, -0.05) is 6.08 Å². The van der Waals surface area contributed by atoms with Gasteiger partial charge in [-0.2, -0.15) is 0 Å². The molecule has 1 unspecified atom stereocenters. The third-order valence-corrected chi connectivity index (χ3v) is 5.51. The monoisotopic (exact) mass is 479 g/mol. The van der Waals surface area contributed by atoms with Gasteiger partial charge in [0.1, 0.15) is 6.04 Å². The summed E-state index contributed by atoms with van der Waals surface area (Å²) in [7, 11) is 0. The number of amides is 4. The van der Waals surface area contributed by atoms with Crippen molar-refractivity contribution in [3.8, 4) is 0 Å². The summed E-state index contributed by atoms with van der Waals surface area (Å²) >= 11 is 0. The first-order valence-electron chi connectivity index (χ1n) is 11.2. The second-order valence-electron chi connectivity index (χ2n) is 7.86. The zero-order chi connectivity index (χ0) is 24.5. The molecule has 186 valence electrons. The minimum Gasteiger partial charge on any atom is -0.481 e. The van der Waals surface area contributed by atoms with Crippen LogP contribution in [0.5, 0.6) is 0 Å². The van der Waals surface area contributed by atoms with Crippen molar-refractivity contribution in [3.05, 3.63) is 22.9 Å². The number of hydrogen-bond donors (Lipinski definition) is 3. The average molecular weight is 479 g/mol. The number of carboxylic acids is 1. The molecule has 4 amide bonds. The molecule has 1 aliphatic carbocycles. The number of nitrogens with zero attached hydrogens (tertiary/aromatic N) is 1. The summed E-state index contributed by atoms with van der Waals surface area (Å²) in [5.41, 5.74) is 1.22. The number of aliphatic carboxylic acids is 1. The number of imide groups is 2. The molecule has 2 aliphatic heterocycles. The van der Waals surface area contributed by atoms with Crippen LogP contribution in [0.3, 0.4) is 0 Å². The van der Waals surface area contributed by atoms with E-state index in [1.165, 1.54) is 0 Å². The van der Waals surface area contributed by atoms with Gasteiger partial charge in [-0.15, -0.1) is 0 Å². The van der Waals surface area contributed by atoms with Crippen molar-refractivity contribution in [2.24, 2.45) is 0 Å². The van der Waals surface area contributed by atoms with Gasteiger partial charge >= 0.3 is 5.97 Å². The fourth-order valence-electron chi connectivity index (χ4n) is 3.90. The number of allylic oxidation sites excluding steroid dienone is 2. The topological polar surface area (TPSA) is 161 Å². The first-order valence-corrected chi connectivity index (χ1v) is 11.2. The van der Waals surface area contributed by atoms with Gasteiger partial charge in [-0.25, -0.2) is 0 Å². The molecule has 3 N–H and O–H groups in total. The van der Waals surface area contributed by atoms with E-state index >= 15 is 0 Å². The lowest BCUT2D eigenvalue weighted by atomic mass is 9.96. The lowest BCUT2D eigenvalue weighted by Gasteiger charge is -2.27. The highest BCUT2D eigenvalue weighted by Gasteiger charge is 2.48. The molecule has 2 saturated heterocycles. The number of piperidine rings is 1. The standard InChI is InChI=1S/C22H29N3O9/c26-17-5-4-16(20(29)24-17)25-21(30)14-2-1-3-15(19(14)22(25)31)23-7-9-33-11-13-34-12-10-32-8-6-18(27)28/h2,16,23H,1,3-13H2,(H,27,28)(H,24,26,29). The minimum absolute atomic E-state index is 0.0414. The van der Waals surface area contributed by atoms with Gasteiger partial charge in [0.25, 0.3) is 11.8 Å². The second-order valence-corrected chi connectivity index (χ2v) is 7.86. The van der Waals surface area contributed by atoms with Crippen LogP contribution in [-0.4, -0.2) is 91.8 Å². The molecule has 2 fully saturated rings. The van der Waals surface area contributed by atoms with E-state index in [4.69, 9.17) is 19.3 Å². The smallest absolute Gasteiger partial charge is 0.305 e. The van der Waals surface area contributed by atoms with Gasteiger partial charge in [0, 0.05) is 18.7 Å². The lowest BCUT2D eigenvalue weighted by molar-refractivity contribution is -0.149. The number of likely N-dealkylation sites (tertiary alicyclic amines) is 1. The van der Waals surface area contributed by atoms with E-state index in [1.807, 2.05) is 0 Å². The number of nitrogens with one attached hydrogen (secondary N) is 2. The second kappa shape index (κ2) is 12.4. The Morgan fingerprint density at radius 2 is 1.68 bits per heavy atom. The van der Waals surface area contributed by atoms with Crippen LogP contribution < -0.4 is 10.6 Å². The molecule has 0 aromatic rings. The van der Waals surface area contributed by atoms with E-state index in [0.29, 0.717) is 63.7 Å². The summed E-state index contributed by atoms with van der Waals surface area (Å²) in [5.74, 6) is -2.97. The van der Waals surface area contributed by atoms with Crippen molar-refractivity contribution < 1.29 is 43.3 Å². The van der Waals surface area contributed by atoms with E-state index in [2.05, 4.69) is 10.6 Å². The molecule has 0 radical (unpaired) electrons. The Labute approximate surface area is 196 Å². The Balaban J connectivity index is 1.40. The van der Waals surface area contributed by atoms with Crippen molar-refractivity contribution >= 4 is 29.6 Å². The van der Waals surface area contributed by atoms with Crippen LogP contribution >= 0.6 is 0 Å². The van der Waals surface area contributed by atoms with Crippen molar-refractivity contribution in [1.29, 1.82) is 0 Å². The van der Waals surface area contributed by atoms with Gasteiger partial charge in [0.05, 0.1) is 57.2 Å². The largest absolute Gasteiger partial charge is 0.481 e. The summed E-state index contributed by atoms with van der Waals surface area (Å²) in [6.45, 7) is 2.29. The van der Waals surface area contributed by atoms with Crippen LogP contribution in [0, 0.1) is 0 Å². The Morgan fingerprint density at radius 3 is 2.35 bits per heavy atom. The van der Waals surface area contributed by atoms with Gasteiger partial charge in [0.2, 0.25) is 11.8 Å². The summed E-state index contributed by atoms with van der Waals surface area (Å²) in [6, 6.07) is -0.983. The highest BCUT2D eigenvalue weighted by Crippen LogP contribution is 2.35. The highest BCUT2D eigenvalue weighted by atomic mass is 16.5. The lowest BCUT2D eigenvalue weighted by Crippen LogP contribution is -2.54. The molecule has 0 spiro atoms. The van der Waals surface area contributed by atoms with Crippen molar-refractivity contribution in [1.82, 2.24) is 15.5 Å². The average Bonchev–Trinajstić information content (AvgIpc) is 3.05. The SMILES string of the molecule is O=C(O)CCOCCOCCOCCNC1=C2C(=O)N(C3CCC(=O)NC3=O)C(=O)C2=CCC1. The number of fused-ring (bicyclic) bond motifs is 1. The summed E-state index contributed by atoms with van der Waals surface area (Å²) < 4.78 is 15.9. The molecule has 2 heterocycles. The third-order valence-electron chi connectivity index (χ3n) is 5.51. The molecular formula is C22H29N3O9. The van der Waals surface area contributed by atoms with Crippen LogP contribution in [0.4, 0.5) is 0 Å². The maximum Gasteiger partial charge on any atom is 0.305 e. The number of carbonyl (C=O) groups excluding carboxylic acids is 4. The fourth-order valence-corrected chi connectivity index (χ4v) is 3.90. The molecule has 0 saturated carbocycles. The van der Waals surface area contributed by atoms with Gasteiger partial charge < -0.3 is 24.6 Å². The molecule has 3 rings (SSSR count). The maximum absolute atomic E-state index is 13.0. The molecular weight excluding hydrogens is 450 g/mol. The third kappa shape index (κ3) is 6.49. The summed E-state index contributed by atoms with van der Waals surface area (Å²) in [4.78, 5) is 60.8. The Morgan fingerprint density at radius 1 is 1.00 bits per heavy atom. The van der Waals surface area contributed by atoms with Gasteiger partial charge in [-0.3, -0.25) is 34.2 Å². The Kier molecular flexibility index (Phi) is 9.31. The zero-order valence-electron chi connectivity index (χ0n) is 18.8. The first kappa shape index (κ1) is 25.5. The maximum atomic E-state index is 13.0. The first-order chi connectivity index (χ1) is 16.4. The van der Waals surface area contributed by atoms with E-state index in [1.54, 1.807) is 6.08 Å². The number of ether oxygens (including phenoxy) is 3. The normalized spacial score (nSPS) is 20.4. The van der Waals surface area contributed by atoms with Crippen LogP contribution in [0.2, 0.25) is 0 Å².